The zero-order valence-electron chi connectivity index (χ0n) is 15.5. The molecule has 2 amide bonds. The van der Waals surface area contributed by atoms with Crippen LogP contribution in [-0.4, -0.2) is 63.2 Å². The van der Waals surface area contributed by atoms with Gasteiger partial charge in [-0.15, -0.1) is 12.4 Å². The predicted molar refractivity (Wildman–Crippen MR) is 104 cm³/mol. The molecule has 148 valence electrons. The summed E-state index contributed by atoms with van der Waals surface area (Å²) < 4.78 is 11.1. The molecule has 3 aliphatic heterocycles. The van der Waals surface area contributed by atoms with Gasteiger partial charge in [0.2, 0.25) is 11.8 Å². The minimum absolute atomic E-state index is 0. The average Bonchev–Trinajstić information content (AvgIpc) is 3.28. The highest BCUT2D eigenvalue weighted by Crippen LogP contribution is 2.36. The van der Waals surface area contributed by atoms with Crippen molar-refractivity contribution in [3.05, 3.63) is 18.2 Å². The molecule has 1 aromatic carbocycles. The van der Waals surface area contributed by atoms with Gasteiger partial charge in [-0.25, -0.2) is 0 Å². The minimum atomic E-state index is -0.260. The van der Waals surface area contributed by atoms with Crippen LogP contribution in [0.25, 0.3) is 0 Å². The second-order valence-corrected chi connectivity index (χ2v) is 7.23. The van der Waals surface area contributed by atoms with Crippen LogP contribution in [0.2, 0.25) is 0 Å². The molecule has 2 unspecified atom stereocenters. The Morgan fingerprint density at radius 3 is 2.78 bits per heavy atom. The van der Waals surface area contributed by atoms with Crippen LogP contribution in [0.3, 0.4) is 0 Å². The van der Waals surface area contributed by atoms with Gasteiger partial charge in [-0.3, -0.25) is 9.59 Å². The first kappa shape index (κ1) is 19.8. The average molecular weight is 396 g/mol. The number of hydrogen-bond acceptors (Lipinski definition) is 5. The molecule has 0 spiro atoms. The third-order valence-electron chi connectivity index (χ3n) is 5.40. The Bertz CT molecular complexity index is 714. The van der Waals surface area contributed by atoms with Crippen LogP contribution in [0.4, 0.5) is 5.69 Å². The number of fused-ring (bicyclic) bond motifs is 1. The lowest BCUT2D eigenvalue weighted by atomic mass is 10.1. The largest absolute Gasteiger partial charge is 0.486 e. The van der Waals surface area contributed by atoms with Crippen molar-refractivity contribution in [3.63, 3.8) is 0 Å². The van der Waals surface area contributed by atoms with Crippen LogP contribution < -0.4 is 19.7 Å². The van der Waals surface area contributed by atoms with E-state index in [9.17, 15) is 9.59 Å². The topological polar surface area (TPSA) is 71.1 Å². The van der Waals surface area contributed by atoms with Crippen LogP contribution in [0.15, 0.2) is 18.2 Å². The van der Waals surface area contributed by atoms with E-state index in [1.807, 2.05) is 30.1 Å². The Balaban J connectivity index is 0.00000210. The van der Waals surface area contributed by atoms with E-state index >= 15 is 0 Å². The Hall–Kier alpha value is -1.99. The molecule has 3 heterocycles. The van der Waals surface area contributed by atoms with Gasteiger partial charge < -0.3 is 24.6 Å². The number of carbonyl (C=O) groups is 2. The SMILES string of the molecule is CNCC1CCN(C(=O)C2CC(=O)N(c3ccc4c(c3)OCCO4)C2)C1.Cl. The Labute approximate surface area is 165 Å². The number of rotatable bonds is 4. The van der Waals surface area contributed by atoms with E-state index in [1.165, 1.54) is 0 Å². The van der Waals surface area contributed by atoms with Gasteiger partial charge in [0.15, 0.2) is 11.5 Å². The molecule has 7 nitrogen and oxygen atoms in total. The van der Waals surface area contributed by atoms with Gasteiger partial charge in [-0.05, 0) is 38.1 Å². The van der Waals surface area contributed by atoms with Gasteiger partial charge >= 0.3 is 0 Å². The highest BCUT2D eigenvalue weighted by molar-refractivity contribution is 6.00. The molecule has 0 bridgehead atoms. The van der Waals surface area contributed by atoms with Crippen LogP contribution in [0.1, 0.15) is 12.8 Å². The maximum atomic E-state index is 12.8. The fourth-order valence-corrected chi connectivity index (χ4v) is 4.07. The molecule has 4 rings (SSSR count). The van der Waals surface area contributed by atoms with E-state index < -0.39 is 0 Å². The molecule has 0 radical (unpaired) electrons. The normalized spacial score (nSPS) is 24.1. The summed E-state index contributed by atoms with van der Waals surface area (Å²) in [7, 11) is 1.94. The Morgan fingerprint density at radius 2 is 2.00 bits per heavy atom. The van der Waals surface area contributed by atoms with Crippen LogP contribution in [0.5, 0.6) is 11.5 Å². The van der Waals surface area contributed by atoms with Crippen molar-refractivity contribution in [1.29, 1.82) is 0 Å². The van der Waals surface area contributed by atoms with E-state index in [2.05, 4.69) is 5.32 Å². The molecule has 0 saturated carbocycles. The van der Waals surface area contributed by atoms with Gasteiger partial charge in [-0.2, -0.15) is 0 Å². The van der Waals surface area contributed by atoms with Crippen molar-refractivity contribution in [3.8, 4) is 11.5 Å². The number of likely N-dealkylation sites (tertiary alicyclic amines) is 1. The smallest absolute Gasteiger partial charge is 0.228 e. The van der Waals surface area contributed by atoms with Crippen molar-refractivity contribution in [1.82, 2.24) is 10.2 Å². The number of carbonyl (C=O) groups excluding carboxylic acids is 2. The van der Waals surface area contributed by atoms with Crippen molar-refractivity contribution < 1.29 is 19.1 Å². The first-order valence-electron chi connectivity index (χ1n) is 9.29. The van der Waals surface area contributed by atoms with Crippen molar-refractivity contribution in [2.75, 3.05) is 51.3 Å². The molecule has 2 fully saturated rings. The second kappa shape index (κ2) is 8.35. The minimum Gasteiger partial charge on any atom is -0.486 e. The fraction of sp³-hybridized carbons (Fsp3) is 0.579. The lowest BCUT2D eigenvalue weighted by Crippen LogP contribution is -2.36. The third-order valence-corrected chi connectivity index (χ3v) is 5.40. The van der Waals surface area contributed by atoms with E-state index in [0.717, 1.165) is 31.7 Å². The quantitative estimate of drug-likeness (QED) is 0.832. The van der Waals surface area contributed by atoms with Crippen molar-refractivity contribution in [2.45, 2.75) is 12.8 Å². The number of nitrogens with one attached hydrogen (secondary N) is 1. The number of amides is 2. The summed E-state index contributed by atoms with van der Waals surface area (Å²) in [5, 5.41) is 3.18. The summed E-state index contributed by atoms with van der Waals surface area (Å²) in [6, 6.07) is 5.52. The molecule has 1 aromatic rings. The molecule has 1 N–H and O–H groups in total. The van der Waals surface area contributed by atoms with E-state index in [4.69, 9.17) is 9.47 Å². The van der Waals surface area contributed by atoms with Crippen molar-refractivity contribution >= 4 is 29.9 Å². The lowest BCUT2D eigenvalue weighted by molar-refractivity contribution is -0.134. The maximum absolute atomic E-state index is 12.8. The van der Waals surface area contributed by atoms with Gasteiger partial charge in [0.1, 0.15) is 13.2 Å². The maximum Gasteiger partial charge on any atom is 0.228 e. The number of halogens is 1. The van der Waals surface area contributed by atoms with Gasteiger partial charge in [0, 0.05) is 37.8 Å². The summed E-state index contributed by atoms with van der Waals surface area (Å²) in [6.07, 6.45) is 1.31. The van der Waals surface area contributed by atoms with Crippen LogP contribution in [0, 0.1) is 11.8 Å². The predicted octanol–water partition coefficient (Wildman–Crippen LogP) is 1.30. The first-order chi connectivity index (χ1) is 12.7. The van der Waals surface area contributed by atoms with E-state index in [-0.39, 0.29) is 36.6 Å². The van der Waals surface area contributed by atoms with Crippen LogP contribution in [-0.2, 0) is 9.59 Å². The molecule has 0 aliphatic carbocycles. The fourth-order valence-electron chi connectivity index (χ4n) is 4.07. The van der Waals surface area contributed by atoms with Gasteiger partial charge in [0.05, 0.1) is 5.92 Å². The zero-order valence-corrected chi connectivity index (χ0v) is 16.3. The third kappa shape index (κ3) is 3.99. The molecule has 8 heteroatoms. The number of ether oxygens (including phenoxy) is 2. The number of hydrogen-bond donors (Lipinski definition) is 1. The number of nitrogens with zero attached hydrogens (tertiary/aromatic N) is 2. The summed E-state index contributed by atoms with van der Waals surface area (Å²) >= 11 is 0. The highest BCUT2D eigenvalue weighted by atomic mass is 35.5. The molecular weight excluding hydrogens is 370 g/mol. The summed E-state index contributed by atoms with van der Waals surface area (Å²) in [5.41, 5.74) is 0.768. The molecular formula is C19H26ClN3O4. The summed E-state index contributed by atoms with van der Waals surface area (Å²) in [6.45, 7) is 3.99. The number of anilines is 1. The Kier molecular flexibility index (Phi) is 6.11. The molecule has 3 aliphatic rings. The Morgan fingerprint density at radius 1 is 1.22 bits per heavy atom. The summed E-state index contributed by atoms with van der Waals surface area (Å²) in [4.78, 5) is 29.0. The lowest BCUT2D eigenvalue weighted by Gasteiger charge is -2.23. The monoisotopic (exact) mass is 395 g/mol. The van der Waals surface area contributed by atoms with Crippen LogP contribution >= 0.6 is 12.4 Å². The van der Waals surface area contributed by atoms with E-state index in [0.29, 0.717) is 37.2 Å². The zero-order chi connectivity index (χ0) is 18.1. The molecule has 27 heavy (non-hydrogen) atoms. The van der Waals surface area contributed by atoms with Gasteiger partial charge in [0.25, 0.3) is 0 Å². The first-order valence-corrected chi connectivity index (χ1v) is 9.29. The molecule has 2 atom stereocenters. The van der Waals surface area contributed by atoms with Crippen molar-refractivity contribution in [2.24, 2.45) is 11.8 Å². The van der Waals surface area contributed by atoms with Gasteiger partial charge in [-0.1, -0.05) is 0 Å². The highest BCUT2D eigenvalue weighted by Gasteiger charge is 2.39. The molecule has 0 aromatic heterocycles. The van der Waals surface area contributed by atoms with E-state index in [1.54, 1.807) is 4.90 Å². The standard InChI is InChI=1S/C19H25N3O4.ClH/c1-20-10-13-4-5-21(11-13)19(24)14-8-18(23)22(12-14)15-2-3-16-17(9-15)26-7-6-25-16;/h2-3,9,13-14,20H,4-8,10-12H2,1H3;1H. The second-order valence-electron chi connectivity index (χ2n) is 7.23. The number of benzene rings is 1. The summed E-state index contributed by atoms with van der Waals surface area (Å²) in [5.74, 6) is 1.71. The molecule has 2 saturated heterocycles.